The van der Waals surface area contributed by atoms with Gasteiger partial charge >= 0.3 is 5.97 Å². The molecule has 1 aliphatic carbocycles. The fourth-order valence-electron chi connectivity index (χ4n) is 3.64. The molecule has 0 aliphatic heterocycles. The monoisotopic (exact) mass is 580 g/mol. The highest BCUT2D eigenvalue weighted by atomic mass is 32.2. The first-order chi connectivity index (χ1) is 18.6. The highest BCUT2D eigenvalue weighted by Gasteiger charge is 2.37. The quantitative estimate of drug-likeness (QED) is 0.308. The fourth-order valence-corrected chi connectivity index (χ4v) is 6.19. The van der Waals surface area contributed by atoms with Crippen LogP contribution < -0.4 is 14.8 Å². The van der Waals surface area contributed by atoms with Crippen molar-refractivity contribution in [1.82, 2.24) is 4.98 Å². The SMILES string of the molecule is CCOC(=O)Cc1nc(NC(=O)C(Oc2ccc(F)cc2F)c2ccc(S(=O)(=O)C3CC3)cc2)sc1OCC. The number of benzene rings is 2. The van der Waals surface area contributed by atoms with E-state index in [-0.39, 0.29) is 46.7 Å². The zero-order valence-corrected chi connectivity index (χ0v) is 22.7. The highest BCUT2D eigenvalue weighted by molar-refractivity contribution is 7.92. The zero-order chi connectivity index (χ0) is 28.2. The molecule has 39 heavy (non-hydrogen) atoms. The highest BCUT2D eigenvalue weighted by Crippen LogP contribution is 2.35. The van der Waals surface area contributed by atoms with E-state index < -0.39 is 44.7 Å². The van der Waals surface area contributed by atoms with Crippen LogP contribution in [-0.2, 0) is 30.6 Å². The molecule has 1 saturated carbocycles. The lowest BCUT2D eigenvalue weighted by Gasteiger charge is -2.19. The topological polar surface area (TPSA) is 121 Å². The van der Waals surface area contributed by atoms with Crippen molar-refractivity contribution in [1.29, 1.82) is 0 Å². The Morgan fingerprint density at radius 1 is 1.10 bits per heavy atom. The summed E-state index contributed by atoms with van der Waals surface area (Å²) in [6.45, 7) is 3.90. The van der Waals surface area contributed by atoms with Crippen LogP contribution in [0.5, 0.6) is 10.8 Å². The van der Waals surface area contributed by atoms with Gasteiger partial charge in [-0.25, -0.2) is 22.2 Å². The maximum absolute atomic E-state index is 14.4. The van der Waals surface area contributed by atoms with Crippen molar-refractivity contribution in [3.05, 3.63) is 65.4 Å². The van der Waals surface area contributed by atoms with E-state index in [0.717, 1.165) is 23.5 Å². The number of carbonyl (C=O) groups excluding carboxylic acids is 2. The average molecular weight is 581 g/mol. The zero-order valence-electron chi connectivity index (χ0n) is 21.1. The molecule has 0 radical (unpaired) electrons. The molecule has 4 rings (SSSR count). The summed E-state index contributed by atoms with van der Waals surface area (Å²) in [6, 6.07) is 8.18. The number of ether oxygens (including phenoxy) is 3. The van der Waals surface area contributed by atoms with E-state index in [4.69, 9.17) is 14.2 Å². The summed E-state index contributed by atoms with van der Waals surface area (Å²) in [5.74, 6) is -3.52. The molecule has 0 spiro atoms. The Morgan fingerprint density at radius 2 is 1.82 bits per heavy atom. The minimum Gasteiger partial charge on any atom is -0.483 e. The Kier molecular flexibility index (Phi) is 8.80. The lowest BCUT2D eigenvalue weighted by Crippen LogP contribution is -2.26. The summed E-state index contributed by atoms with van der Waals surface area (Å²) in [6.07, 6.45) is -0.446. The molecule has 9 nitrogen and oxygen atoms in total. The van der Waals surface area contributed by atoms with Gasteiger partial charge in [-0.15, -0.1) is 0 Å². The summed E-state index contributed by atoms with van der Waals surface area (Å²) in [4.78, 5) is 29.7. The van der Waals surface area contributed by atoms with Crippen molar-refractivity contribution in [2.75, 3.05) is 18.5 Å². The number of esters is 1. The lowest BCUT2D eigenvalue weighted by molar-refractivity contribution is -0.142. The van der Waals surface area contributed by atoms with Gasteiger partial charge < -0.3 is 14.2 Å². The van der Waals surface area contributed by atoms with Gasteiger partial charge in [-0.05, 0) is 51.0 Å². The standard InChI is InChI=1S/C26H26F2N2O7S2/c1-3-35-22(31)14-20-25(36-4-2)38-26(29-20)30-24(32)23(37-21-12-7-16(27)13-19(21)28)15-5-8-17(9-6-15)39(33,34)18-10-11-18/h5-9,12-13,18,23H,3-4,10-11,14H2,1-2H3,(H,29,30,32). The molecule has 208 valence electrons. The molecule has 13 heteroatoms. The first-order valence-corrected chi connectivity index (χ1v) is 14.5. The van der Waals surface area contributed by atoms with Gasteiger partial charge in [0.1, 0.15) is 11.5 Å². The van der Waals surface area contributed by atoms with Crippen LogP contribution in [0, 0.1) is 11.6 Å². The maximum atomic E-state index is 14.4. The average Bonchev–Trinajstić information content (AvgIpc) is 3.69. The normalized spacial score (nSPS) is 13.9. The first-order valence-electron chi connectivity index (χ1n) is 12.2. The Hall–Kier alpha value is -3.58. The predicted octanol–water partition coefficient (Wildman–Crippen LogP) is 4.62. The molecule has 1 aromatic heterocycles. The number of hydrogen-bond donors (Lipinski definition) is 1. The van der Waals surface area contributed by atoms with E-state index >= 15 is 0 Å². The number of nitrogens with one attached hydrogen (secondary N) is 1. The number of rotatable bonds is 12. The number of hydrogen-bond acceptors (Lipinski definition) is 9. The van der Waals surface area contributed by atoms with Gasteiger partial charge in [-0.3, -0.25) is 14.9 Å². The lowest BCUT2D eigenvalue weighted by atomic mass is 10.1. The molecular weight excluding hydrogens is 554 g/mol. The molecule has 1 N–H and O–H groups in total. The smallest absolute Gasteiger partial charge is 0.312 e. The van der Waals surface area contributed by atoms with Crippen LogP contribution in [0.3, 0.4) is 0 Å². The molecule has 1 unspecified atom stereocenters. The Labute approximate surface area is 228 Å². The minimum atomic E-state index is -3.47. The molecule has 0 bridgehead atoms. The number of carbonyl (C=O) groups is 2. The summed E-state index contributed by atoms with van der Waals surface area (Å²) in [5, 5.41) is 2.57. The van der Waals surface area contributed by atoms with Crippen LogP contribution >= 0.6 is 11.3 Å². The van der Waals surface area contributed by atoms with Crippen LogP contribution in [0.4, 0.5) is 13.9 Å². The van der Waals surface area contributed by atoms with Gasteiger partial charge in [0.15, 0.2) is 31.6 Å². The van der Waals surface area contributed by atoms with E-state index in [1.807, 2.05) is 0 Å². The van der Waals surface area contributed by atoms with Gasteiger partial charge in [0.05, 0.1) is 29.8 Å². The molecule has 3 aromatic rings. The molecule has 2 aromatic carbocycles. The molecular formula is C26H26F2N2O7S2. The van der Waals surface area contributed by atoms with Crippen molar-refractivity contribution >= 4 is 38.2 Å². The summed E-state index contributed by atoms with van der Waals surface area (Å²) in [7, 11) is -3.47. The van der Waals surface area contributed by atoms with Crippen LogP contribution in [-0.4, -0.2) is 43.7 Å². The molecule has 1 heterocycles. The van der Waals surface area contributed by atoms with Gasteiger partial charge in [-0.1, -0.05) is 23.5 Å². The van der Waals surface area contributed by atoms with Gasteiger partial charge in [0, 0.05) is 11.6 Å². The van der Waals surface area contributed by atoms with Crippen molar-refractivity contribution in [2.45, 2.75) is 49.4 Å². The van der Waals surface area contributed by atoms with E-state index in [2.05, 4.69) is 10.3 Å². The Morgan fingerprint density at radius 3 is 2.44 bits per heavy atom. The molecule has 0 saturated heterocycles. The predicted molar refractivity (Wildman–Crippen MR) is 139 cm³/mol. The van der Waals surface area contributed by atoms with E-state index in [9.17, 15) is 26.8 Å². The maximum Gasteiger partial charge on any atom is 0.312 e. The second kappa shape index (κ2) is 12.1. The molecule has 1 amide bonds. The Balaban J connectivity index is 1.62. The van der Waals surface area contributed by atoms with Crippen molar-refractivity contribution < 1.29 is 41.0 Å². The summed E-state index contributed by atoms with van der Waals surface area (Å²) in [5.41, 5.74) is 0.492. The number of amides is 1. The first kappa shape index (κ1) is 28.4. The molecule has 1 aliphatic rings. The second-order valence-electron chi connectivity index (χ2n) is 8.54. The van der Waals surface area contributed by atoms with E-state index in [1.54, 1.807) is 13.8 Å². The van der Waals surface area contributed by atoms with E-state index in [1.165, 1.54) is 24.3 Å². The number of halogens is 2. The number of nitrogens with zero attached hydrogens (tertiary/aromatic N) is 1. The largest absolute Gasteiger partial charge is 0.483 e. The third kappa shape index (κ3) is 6.90. The van der Waals surface area contributed by atoms with Crippen LogP contribution in [0.2, 0.25) is 0 Å². The Bertz CT molecular complexity index is 1460. The van der Waals surface area contributed by atoms with Crippen molar-refractivity contribution in [3.8, 4) is 10.8 Å². The third-order valence-corrected chi connectivity index (χ3v) is 8.84. The van der Waals surface area contributed by atoms with Crippen molar-refractivity contribution in [3.63, 3.8) is 0 Å². The van der Waals surface area contributed by atoms with Crippen molar-refractivity contribution in [2.24, 2.45) is 0 Å². The molecule has 1 atom stereocenters. The minimum absolute atomic E-state index is 0.0869. The fraction of sp³-hybridized carbons (Fsp3) is 0.346. The second-order valence-corrected chi connectivity index (χ2v) is 11.7. The van der Waals surface area contributed by atoms with Gasteiger partial charge in [0.25, 0.3) is 5.91 Å². The number of aromatic nitrogens is 1. The van der Waals surface area contributed by atoms with Gasteiger partial charge in [-0.2, -0.15) is 0 Å². The molecule has 1 fully saturated rings. The van der Waals surface area contributed by atoms with E-state index in [0.29, 0.717) is 24.0 Å². The summed E-state index contributed by atoms with van der Waals surface area (Å²) < 4.78 is 69.2. The number of anilines is 1. The van der Waals surface area contributed by atoms with Gasteiger partial charge in [0.2, 0.25) is 6.10 Å². The van der Waals surface area contributed by atoms with Crippen LogP contribution in [0.15, 0.2) is 47.4 Å². The number of sulfone groups is 1. The third-order valence-electron chi connectivity index (χ3n) is 5.64. The summed E-state index contributed by atoms with van der Waals surface area (Å²) >= 11 is 0.981. The number of thiazole rings is 1. The van der Waals surface area contributed by atoms with Crippen LogP contribution in [0.1, 0.15) is 44.1 Å². The van der Waals surface area contributed by atoms with Crippen LogP contribution in [0.25, 0.3) is 0 Å².